The predicted octanol–water partition coefficient (Wildman–Crippen LogP) is 2.98. The summed E-state index contributed by atoms with van der Waals surface area (Å²) < 4.78 is 0. The molecule has 2 unspecified atom stereocenters. The second-order valence-corrected chi connectivity index (χ2v) is 9.19. The first-order valence-electron chi connectivity index (χ1n) is 8.23. The number of carbonyl (C=O) groups excluding carboxylic acids is 1. The van der Waals surface area contributed by atoms with Gasteiger partial charge in [-0.1, -0.05) is 23.4 Å². The third-order valence-corrected chi connectivity index (χ3v) is 7.00. The van der Waals surface area contributed by atoms with E-state index in [-0.39, 0.29) is 5.91 Å². The Labute approximate surface area is 156 Å². The SMILES string of the molecule is CC(=O)N1CCC2c3c(Cl)nc(SCCCN(C)C)nc3SC2C1. The van der Waals surface area contributed by atoms with E-state index in [1.165, 1.54) is 0 Å². The molecule has 0 N–H and O–H groups in total. The molecule has 2 atom stereocenters. The van der Waals surface area contributed by atoms with Crippen molar-refractivity contribution < 1.29 is 4.79 Å². The van der Waals surface area contributed by atoms with Crippen LogP contribution in [0.4, 0.5) is 0 Å². The Kier molecular flexibility index (Phi) is 5.95. The monoisotopic (exact) mass is 386 g/mol. The van der Waals surface area contributed by atoms with Crippen molar-refractivity contribution in [2.45, 2.75) is 41.1 Å². The van der Waals surface area contributed by atoms with Crippen LogP contribution in [0.5, 0.6) is 0 Å². The first-order chi connectivity index (χ1) is 11.5. The van der Waals surface area contributed by atoms with Crippen LogP contribution in [0.3, 0.4) is 0 Å². The average molecular weight is 387 g/mol. The maximum absolute atomic E-state index is 11.6. The standard InChI is InChI=1S/C16H23ClN4OS2/c1-10(22)21-7-5-11-12(9-21)24-15-13(11)14(17)18-16(19-15)23-8-4-6-20(2)3/h11-12H,4-9H2,1-3H3. The summed E-state index contributed by atoms with van der Waals surface area (Å²) in [5.41, 5.74) is 1.10. The Morgan fingerprint density at radius 1 is 1.46 bits per heavy atom. The summed E-state index contributed by atoms with van der Waals surface area (Å²) in [6.45, 7) is 4.28. The van der Waals surface area contributed by atoms with Crippen LogP contribution >= 0.6 is 35.1 Å². The lowest BCUT2D eigenvalue weighted by molar-refractivity contribution is -0.129. The summed E-state index contributed by atoms with van der Waals surface area (Å²) in [6.07, 6.45) is 2.05. The molecule has 1 saturated heterocycles. The molecule has 5 nitrogen and oxygen atoms in total. The highest BCUT2D eigenvalue weighted by Crippen LogP contribution is 2.50. The first kappa shape index (κ1) is 18.3. The van der Waals surface area contributed by atoms with Crippen molar-refractivity contribution >= 4 is 41.0 Å². The van der Waals surface area contributed by atoms with E-state index in [2.05, 4.69) is 24.0 Å². The van der Waals surface area contributed by atoms with Crippen molar-refractivity contribution in [2.75, 3.05) is 39.5 Å². The molecule has 3 heterocycles. The Hall–Kier alpha value is -0.500. The molecule has 1 aromatic heterocycles. The molecule has 8 heteroatoms. The number of amides is 1. The van der Waals surface area contributed by atoms with Gasteiger partial charge in [-0.3, -0.25) is 4.79 Å². The number of rotatable bonds is 5. The summed E-state index contributed by atoms with van der Waals surface area (Å²) in [4.78, 5) is 25.0. The molecule has 1 aromatic rings. The Bertz CT molecular complexity index is 628. The molecule has 0 aromatic carbocycles. The lowest BCUT2D eigenvalue weighted by Gasteiger charge is -2.33. The van der Waals surface area contributed by atoms with Gasteiger partial charge in [-0.2, -0.15) is 0 Å². The van der Waals surface area contributed by atoms with Gasteiger partial charge >= 0.3 is 0 Å². The number of thioether (sulfide) groups is 2. The average Bonchev–Trinajstić information content (AvgIpc) is 2.89. The largest absolute Gasteiger partial charge is 0.342 e. The molecule has 1 amide bonds. The lowest BCUT2D eigenvalue weighted by atomic mass is 9.91. The summed E-state index contributed by atoms with van der Waals surface area (Å²) >= 11 is 9.92. The number of carbonyl (C=O) groups is 1. The zero-order chi connectivity index (χ0) is 17.3. The van der Waals surface area contributed by atoms with Crippen molar-refractivity contribution in [1.29, 1.82) is 0 Å². The second-order valence-electron chi connectivity index (χ2n) is 6.54. The number of hydrogen-bond donors (Lipinski definition) is 0. The zero-order valence-electron chi connectivity index (χ0n) is 14.3. The Morgan fingerprint density at radius 3 is 2.96 bits per heavy atom. The van der Waals surface area contributed by atoms with E-state index in [4.69, 9.17) is 16.6 Å². The van der Waals surface area contributed by atoms with Crippen LogP contribution in [0, 0.1) is 0 Å². The van der Waals surface area contributed by atoms with Crippen molar-refractivity contribution in [2.24, 2.45) is 0 Å². The van der Waals surface area contributed by atoms with Gasteiger partial charge in [0.2, 0.25) is 5.91 Å². The Morgan fingerprint density at radius 2 is 2.25 bits per heavy atom. The molecular formula is C16H23ClN4OS2. The maximum Gasteiger partial charge on any atom is 0.219 e. The fourth-order valence-electron chi connectivity index (χ4n) is 3.21. The van der Waals surface area contributed by atoms with E-state index in [1.807, 2.05) is 4.90 Å². The zero-order valence-corrected chi connectivity index (χ0v) is 16.7. The predicted molar refractivity (Wildman–Crippen MR) is 100 cm³/mol. The smallest absolute Gasteiger partial charge is 0.219 e. The number of nitrogens with zero attached hydrogens (tertiary/aromatic N) is 4. The number of fused-ring (bicyclic) bond motifs is 3. The minimum Gasteiger partial charge on any atom is -0.342 e. The van der Waals surface area contributed by atoms with Gasteiger partial charge in [0, 0.05) is 42.5 Å². The number of piperidine rings is 1. The normalized spacial score (nSPS) is 22.6. The molecule has 0 spiro atoms. The molecule has 0 saturated carbocycles. The van der Waals surface area contributed by atoms with Crippen LogP contribution in [-0.4, -0.2) is 70.4 Å². The highest BCUT2D eigenvalue weighted by Gasteiger charge is 2.41. The molecular weight excluding hydrogens is 364 g/mol. The maximum atomic E-state index is 11.6. The number of hydrogen-bond acceptors (Lipinski definition) is 6. The van der Waals surface area contributed by atoms with Gasteiger partial charge in [-0.05, 0) is 33.5 Å². The van der Waals surface area contributed by atoms with Gasteiger partial charge in [-0.15, -0.1) is 11.8 Å². The second kappa shape index (κ2) is 7.81. The van der Waals surface area contributed by atoms with Crippen LogP contribution in [0.1, 0.15) is 31.2 Å². The summed E-state index contributed by atoms with van der Waals surface area (Å²) in [5, 5.41) is 2.75. The van der Waals surface area contributed by atoms with Crippen LogP contribution in [0.15, 0.2) is 10.2 Å². The molecule has 0 bridgehead atoms. The van der Waals surface area contributed by atoms with Gasteiger partial charge in [-0.25, -0.2) is 9.97 Å². The third kappa shape index (κ3) is 4.00. The van der Waals surface area contributed by atoms with Crippen molar-refractivity contribution in [3.05, 3.63) is 10.7 Å². The van der Waals surface area contributed by atoms with E-state index in [0.29, 0.717) is 16.3 Å². The molecule has 2 aliphatic rings. The molecule has 0 radical (unpaired) electrons. The van der Waals surface area contributed by atoms with Gasteiger partial charge in [0.25, 0.3) is 0 Å². The van der Waals surface area contributed by atoms with Gasteiger partial charge < -0.3 is 9.80 Å². The molecule has 1 fully saturated rings. The number of aromatic nitrogens is 2. The minimum absolute atomic E-state index is 0.152. The quantitative estimate of drug-likeness (QED) is 0.335. The van der Waals surface area contributed by atoms with E-state index in [1.54, 1.807) is 30.4 Å². The highest BCUT2D eigenvalue weighted by molar-refractivity contribution is 8.00. The molecule has 132 valence electrons. The Balaban J connectivity index is 1.68. The van der Waals surface area contributed by atoms with E-state index in [9.17, 15) is 4.79 Å². The van der Waals surface area contributed by atoms with E-state index in [0.717, 1.165) is 54.0 Å². The molecule has 3 rings (SSSR count). The highest BCUT2D eigenvalue weighted by atomic mass is 35.5. The number of likely N-dealkylation sites (tertiary alicyclic amines) is 1. The first-order valence-corrected chi connectivity index (χ1v) is 10.5. The van der Waals surface area contributed by atoms with Crippen LogP contribution in [0.25, 0.3) is 0 Å². The summed E-state index contributed by atoms with van der Waals surface area (Å²) in [6, 6.07) is 0. The fourth-order valence-corrected chi connectivity index (χ4v) is 5.94. The van der Waals surface area contributed by atoms with Crippen LogP contribution < -0.4 is 0 Å². The molecule has 24 heavy (non-hydrogen) atoms. The van der Waals surface area contributed by atoms with Crippen LogP contribution in [-0.2, 0) is 4.79 Å². The van der Waals surface area contributed by atoms with Gasteiger partial charge in [0.15, 0.2) is 5.16 Å². The fraction of sp³-hybridized carbons (Fsp3) is 0.688. The van der Waals surface area contributed by atoms with Crippen LogP contribution in [0.2, 0.25) is 5.15 Å². The molecule has 2 aliphatic heterocycles. The lowest BCUT2D eigenvalue weighted by Crippen LogP contribution is -2.42. The third-order valence-electron chi connectivity index (χ3n) is 4.46. The van der Waals surface area contributed by atoms with E-state index < -0.39 is 0 Å². The van der Waals surface area contributed by atoms with Gasteiger partial charge in [0.1, 0.15) is 10.2 Å². The molecule has 0 aliphatic carbocycles. The van der Waals surface area contributed by atoms with Crippen molar-refractivity contribution in [3.8, 4) is 0 Å². The topological polar surface area (TPSA) is 49.3 Å². The summed E-state index contributed by atoms with van der Waals surface area (Å²) in [5.74, 6) is 1.52. The number of halogens is 1. The summed E-state index contributed by atoms with van der Waals surface area (Å²) in [7, 11) is 4.16. The van der Waals surface area contributed by atoms with Crippen molar-refractivity contribution in [1.82, 2.24) is 19.8 Å². The van der Waals surface area contributed by atoms with Crippen molar-refractivity contribution in [3.63, 3.8) is 0 Å². The van der Waals surface area contributed by atoms with Gasteiger partial charge in [0.05, 0.1) is 0 Å². The van der Waals surface area contributed by atoms with E-state index >= 15 is 0 Å². The minimum atomic E-state index is 0.152.